The van der Waals surface area contributed by atoms with Gasteiger partial charge in [-0.05, 0) is 49.8 Å². The van der Waals surface area contributed by atoms with Gasteiger partial charge in [0.25, 0.3) is 0 Å². The molecule has 1 aliphatic rings. The normalized spacial score (nSPS) is 26.1. The molecule has 1 aromatic rings. The molecule has 3 N–H and O–H groups in total. The third-order valence-electron chi connectivity index (χ3n) is 3.87. The lowest BCUT2D eigenvalue weighted by molar-refractivity contribution is -0.00356. The molecule has 0 spiro atoms. The first-order chi connectivity index (χ1) is 9.47. The average molecular weight is 297 g/mol. The molecule has 1 fully saturated rings. The van der Waals surface area contributed by atoms with E-state index in [0.717, 1.165) is 25.7 Å². The molecular weight excluding hydrogens is 276 g/mol. The lowest BCUT2D eigenvalue weighted by Gasteiger charge is -2.34. The summed E-state index contributed by atoms with van der Waals surface area (Å²) in [5.74, 6) is 0.663. The minimum atomic E-state index is -0.766. The van der Waals surface area contributed by atoms with Crippen LogP contribution < -0.4 is 10.6 Å². The monoisotopic (exact) mass is 296 g/mol. The van der Waals surface area contributed by atoms with Crippen LogP contribution in [0.2, 0.25) is 5.02 Å². The van der Waals surface area contributed by atoms with Crippen molar-refractivity contribution >= 4 is 23.3 Å². The van der Waals surface area contributed by atoms with Crippen molar-refractivity contribution in [3.63, 3.8) is 0 Å². The quantitative estimate of drug-likeness (QED) is 0.800. The van der Waals surface area contributed by atoms with Gasteiger partial charge in [0.05, 0.1) is 5.60 Å². The minimum absolute atomic E-state index is 0.284. The van der Waals surface area contributed by atoms with Gasteiger partial charge in [-0.3, -0.25) is 0 Å². The first-order valence-corrected chi connectivity index (χ1v) is 7.37. The van der Waals surface area contributed by atoms with Crippen molar-refractivity contribution in [2.45, 2.75) is 38.2 Å². The number of nitrogens with one attached hydrogen (secondary N) is 2. The molecule has 20 heavy (non-hydrogen) atoms. The fraction of sp³-hybridized carbons (Fsp3) is 0.533. The summed E-state index contributed by atoms with van der Waals surface area (Å²) < 4.78 is 0. The number of hydrogen-bond acceptors (Lipinski definition) is 2. The third-order valence-corrected chi connectivity index (χ3v) is 4.10. The second-order valence-corrected chi connectivity index (χ2v) is 6.16. The molecule has 1 saturated carbocycles. The smallest absolute Gasteiger partial charge is 0.319 e. The molecule has 0 unspecified atom stereocenters. The second kappa shape index (κ2) is 6.46. The topological polar surface area (TPSA) is 61.4 Å². The molecule has 2 amide bonds. The van der Waals surface area contributed by atoms with Crippen LogP contribution in [0.15, 0.2) is 24.3 Å². The molecule has 0 saturated heterocycles. The van der Waals surface area contributed by atoms with Crippen LogP contribution in [0.1, 0.15) is 32.6 Å². The number of hydrogen-bond donors (Lipinski definition) is 3. The minimum Gasteiger partial charge on any atom is -0.388 e. The number of urea groups is 1. The van der Waals surface area contributed by atoms with Gasteiger partial charge in [0.15, 0.2) is 0 Å². The summed E-state index contributed by atoms with van der Waals surface area (Å²) in [7, 11) is 0. The van der Waals surface area contributed by atoms with Crippen molar-refractivity contribution < 1.29 is 9.90 Å². The highest BCUT2D eigenvalue weighted by Gasteiger charge is 2.31. The fourth-order valence-corrected chi connectivity index (χ4v) is 2.65. The molecule has 0 bridgehead atoms. The summed E-state index contributed by atoms with van der Waals surface area (Å²) >= 11 is 5.85. The Balaban J connectivity index is 1.80. The number of aliphatic hydroxyl groups is 1. The Labute approximate surface area is 124 Å². The number of amides is 2. The van der Waals surface area contributed by atoms with E-state index < -0.39 is 5.60 Å². The highest BCUT2D eigenvalue weighted by atomic mass is 35.5. The maximum Gasteiger partial charge on any atom is 0.319 e. The summed E-state index contributed by atoms with van der Waals surface area (Å²) in [6.45, 7) is 2.48. The molecular formula is C15H21ClN2O2. The molecule has 0 heterocycles. The van der Waals surface area contributed by atoms with E-state index in [1.54, 1.807) is 24.3 Å². The fourth-order valence-electron chi connectivity index (χ4n) is 2.46. The van der Waals surface area contributed by atoms with Gasteiger partial charge in [0, 0.05) is 17.3 Å². The van der Waals surface area contributed by atoms with E-state index >= 15 is 0 Å². The summed E-state index contributed by atoms with van der Waals surface area (Å²) in [5, 5.41) is 16.4. The van der Waals surface area contributed by atoms with Crippen LogP contribution in [0.4, 0.5) is 10.5 Å². The molecule has 110 valence electrons. The van der Waals surface area contributed by atoms with Gasteiger partial charge in [-0.2, -0.15) is 0 Å². The maximum atomic E-state index is 11.8. The van der Waals surface area contributed by atoms with E-state index in [0.29, 0.717) is 16.6 Å². The molecule has 4 nitrogen and oxygen atoms in total. The number of carbonyl (C=O) groups is 1. The predicted octanol–water partition coefficient (Wildman–Crippen LogP) is 3.40. The number of benzene rings is 1. The van der Waals surface area contributed by atoms with Crippen molar-refractivity contribution in [3.8, 4) is 0 Å². The van der Waals surface area contributed by atoms with Crippen LogP contribution in [0.25, 0.3) is 0 Å². The zero-order chi connectivity index (χ0) is 14.6. The Hall–Kier alpha value is -1.26. The molecule has 0 radical (unpaired) electrons. The molecule has 2 rings (SSSR count). The van der Waals surface area contributed by atoms with E-state index in [9.17, 15) is 9.90 Å². The predicted molar refractivity (Wildman–Crippen MR) is 81.1 cm³/mol. The molecule has 0 atom stereocenters. The summed E-state index contributed by atoms with van der Waals surface area (Å²) in [6, 6.07) is 6.64. The second-order valence-electron chi connectivity index (χ2n) is 5.72. The van der Waals surface area contributed by atoms with Crippen LogP contribution in [0.3, 0.4) is 0 Å². The average Bonchev–Trinajstić information content (AvgIpc) is 2.41. The molecule has 5 heteroatoms. The SMILES string of the molecule is CC1CCC(O)(CNC(=O)Nc2cccc(Cl)c2)CC1. The van der Waals surface area contributed by atoms with Crippen molar-refractivity contribution in [2.24, 2.45) is 5.92 Å². The van der Waals surface area contributed by atoms with Gasteiger partial charge >= 0.3 is 6.03 Å². The number of rotatable bonds is 3. The summed E-state index contributed by atoms with van der Waals surface area (Å²) in [6.07, 6.45) is 3.50. The number of carbonyl (C=O) groups excluding carboxylic acids is 1. The molecule has 1 aliphatic carbocycles. The molecule has 0 aliphatic heterocycles. The standard InChI is InChI=1S/C15H21ClN2O2/c1-11-5-7-15(20,8-6-11)10-17-14(19)18-13-4-2-3-12(16)9-13/h2-4,9,11,20H,5-8,10H2,1H3,(H2,17,18,19). The van der Waals surface area contributed by atoms with Crippen LogP contribution in [-0.4, -0.2) is 23.3 Å². The zero-order valence-electron chi connectivity index (χ0n) is 11.7. The Morgan fingerprint density at radius 2 is 2.15 bits per heavy atom. The third kappa shape index (κ3) is 4.39. The van der Waals surface area contributed by atoms with Gasteiger partial charge in [-0.1, -0.05) is 24.6 Å². The highest BCUT2D eigenvalue weighted by Crippen LogP contribution is 2.31. The zero-order valence-corrected chi connectivity index (χ0v) is 12.4. The van der Waals surface area contributed by atoms with Crippen LogP contribution in [0, 0.1) is 5.92 Å². The largest absolute Gasteiger partial charge is 0.388 e. The van der Waals surface area contributed by atoms with Crippen molar-refractivity contribution in [3.05, 3.63) is 29.3 Å². The van der Waals surface area contributed by atoms with E-state index in [4.69, 9.17) is 11.6 Å². The maximum absolute atomic E-state index is 11.8. The van der Waals surface area contributed by atoms with E-state index in [1.807, 2.05) is 0 Å². The van der Waals surface area contributed by atoms with Gasteiger partial charge in [-0.15, -0.1) is 0 Å². The first kappa shape index (κ1) is 15.1. The van der Waals surface area contributed by atoms with Crippen LogP contribution in [-0.2, 0) is 0 Å². The Bertz CT molecular complexity index is 471. The Morgan fingerprint density at radius 3 is 2.80 bits per heavy atom. The van der Waals surface area contributed by atoms with Gasteiger partial charge in [-0.25, -0.2) is 4.79 Å². The van der Waals surface area contributed by atoms with Crippen LogP contribution in [0.5, 0.6) is 0 Å². The highest BCUT2D eigenvalue weighted by molar-refractivity contribution is 6.30. The van der Waals surface area contributed by atoms with Gasteiger partial charge in [0.2, 0.25) is 0 Å². The van der Waals surface area contributed by atoms with Crippen molar-refractivity contribution in [2.75, 3.05) is 11.9 Å². The number of halogens is 1. The molecule has 1 aromatic carbocycles. The van der Waals surface area contributed by atoms with E-state index in [1.165, 1.54) is 0 Å². The number of anilines is 1. The van der Waals surface area contributed by atoms with Gasteiger partial charge < -0.3 is 15.7 Å². The lowest BCUT2D eigenvalue weighted by atomic mass is 9.79. The first-order valence-electron chi connectivity index (χ1n) is 7.00. The Morgan fingerprint density at radius 1 is 1.45 bits per heavy atom. The summed E-state index contributed by atoms with van der Waals surface area (Å²) in [5.41, 5.74) is -0.127. The lowest BCUT2D eigenvalue weighted by Crippen LogP contribution is -2.46. The van der Waals surface area contributed by atoms with Gasteiger partial charge in [0.1, 0.15) is 0 Å². The van der Waals surface area contributed by atoms with Crippen molar-refractivity contribution in [1.82, 2.24) is 5.32 Å². The van der Waals surface area contributed by atoms with Crippen molar-refractivity contribution in [1.29, 1.82) is 0 Å². The molecule has 0 aromatic heterocycles. The van der Waals surface area contributed by atoms with Crippen LogP contribution >= 0.6 is 11.6 Å². The van der Waals surface area contributed by atoms with E-state index in [-0.39, 0.29) is 12.6 Å². The van der Waals surface area contributed by atoms with E-state index in [2.05, 4.69) is 17.6 Å². The Kier molecular flexibility index (Phi) is 4.89. The summed E-state index contributed by atoms with van der Waals surface area (Å²) in [4.78, 5) is 11.8.